The van der Waals surface area contributed by atoms with Gasteiger partial charge in [-0.1, -0.05) is 12.1 Å². The van der Waals surface area contributed by atoms with Crippen LogP contribution < -0.4 is 15.0 Å². The van der Waals surface area contributed by atoms with Crippen LogP contribution in [0.15, 0.2) is 59.8 Å². The van der Waals surface area contributed by atoms with Gasteiger partial charge in [0, 0.05) is 11.4 Å². The van der Waals surface area contributed by atoms with Crippen LogP contribution in [0, 0.1) is 17.1 Å². The summed E-state index contributed by atoms with van der Waals surface area (Å²) in [6, 6.07) is 14.2. The third-order valence-electron chi connectivity index (χ3n) is 4.49. The molecule has 0 spiro atoms. The molecule has 2 aromatic rings. The van der Waals surface area contributed by atoms with E-state index in [1.54, 1.807) is 48.2 Å². The highest BCUT2D eigenvalue weighted by molar-refractivity contribution is 7.80. The molecule has 2 aromatic carbocycles. The van der Waals surface area contributed by atoms with Crippen molar-refractivity contribution in [3.05, 3.63) is 71.2 Å². The van der Waals surface area contributed by atoms with E-state index in [-0.39, 0.29) is 12.4 Å². The van der Waals surface area contributed by atoms with E-state index in [9.17, 15) is 9.18 Å². The summed E-state index contributed by atoms with van der Waals surface area (Å²) in [5, 5.41) is 12.2. The number of hydrogen-bond acceptors (Lipinski definition) is 5. The molecule has 1 N–H and O–H groups in total. The number of ether oxygens (including phenoxy) is 2. The third kappa shape index (κ3) is 4.20. The Morgan fingerprint density at radius 1 is 1.24 bits per heavy atom. The van der Waals surface area contributed by atoms with Gasteiger partial charge in [0.1, 0.15) is 17.6 Å². The molecule has 0 unspecified atom stereocenters. The molecule has 1 heterocycles. The Bertz CT molecular complexity index is 997. The van der Waals surface area contributed by atoms with E-state index in [2.05, 4.69) is 5.32 Å². The molecule has 0 amide bonds. The van der Waals surface area contributed by atoms with Crippen LogP contribution in [0.4, 0.5) is 10.1 Å². The van der Waals surface area contributed by atoms with Gasteiger partial charge < -0.3 is 14.8 Å². The summed E-state index contributed by atoms with van der Waals surface area (Å²) in [5.41, 5.74) is 2.37. The van der Waals surface area contributed by atoms with Crippen LogP contribution in [0.5, 0.6) is 5.75 Å². The summed E-state index contributed by atoms with van der Waals surface area (Å²) in [6.45, 7) is 1.71. The summed E-state index contributed by atoms with van der Waals surface area (Å²) in [6.07, 6.45) is 0. The van der Waals surface area contributed by atoms with Crippen molar-refractivity contribution in [2.75, 3.05) is 18.6 Å². The van der Waals surface area contributed by atoms with Crippen molar-refractivity contribution in [1.82, 2.24) is 5.32 Å². The minimum Gasteiger partial charge on any atom is -0.479 e. The van der Waals surface area contributed by atoms with Crippen molar-refractivity contribution in [2.45, 2.75) is 13.0 Å². The summed E-state index contributed by atoms with van der Waals surface area (Å²) in [4.78, 5) is 14.3. The second kappa shape index (κ2) is 8.71. The molecular weight excluding hydrogens is 393 g/mol. The van der Waals surface area contributed by atoms with Gasteiger partial charge >= 0.3 is 5.97 Å². The first-order valence-corrected chi connectivity index (χ1v) is 9.12. The molecule has 0 fully saturated rings. The number of nitrogens with one attached hydrogen (secondary N) is 1. The average Bonchev–Trinajstić information content (AvgIpc) is 2.73. The van der Waals surface area contributed by atoms with Crippen molar-refractivity contribution in [1.29, 1.82) is 5.26 Å². The summed E-state index contributed by atoms with van der Waals surface area (Å²) in [7, 11) is 1.31. The average molecular weight is 411 g/mol. The molecule has 0 aliphatic carbocycles. The van der Waals surface area contributed by atoms with Crippen LogP contribution >= 0.6 is 12.2 Å². The Hall–Kier alpha value is -3.44. The molecule has 0 radical (unpaired) electrons. The second-order valence-corrected chi connectivity index (χ2v) is 6.59. The molecule has 6 nitrogen and oxygen atoms in total. The Morgan fingerprint density at radius 2 is 1.90 bits per heavy atom. The fourth-order valence-electron chi connectivity index (χ4n) is 3.14. The second-order valence-electron chi connectivity index (χ2n) is 6.20. The number of halogens is 1. The highest BCUT2D eigenvalue weighted by Gasteiger charge is 2.35. The topological polar surface area (TPSA) is 74.6 Å². The van der Waals surface area contributed by atoms with Gasteiger partial charge in [0.2, 0.25) is 0 Å². The van der Waals surface area contributed by atoms with Gasteiger partial charge in [-0.15, -0.1) is 0 Å². The predicted molar refractivity (Wildman–Crippen MR) is 110 cm³/mol. The normalized spacial score (nSPS) is 16.1. The number of nitrogens with zero attached hydrogens (tertiary/aromatic N) is 2. The summed E-state index contributed by atoms with van der Waals surface area (Å²) in [5.74, 6) is -0.322. The number of anilines is 1. The monoisotopic (exact) mass is 411 g/mol. The van der Waals surface area contributed by atoms with E-state index < -0.39 is 12.0 Å². The fourth-order valence-corrected chi connectivity index (χ4v) is 3.50. The van der Waals surface area contributed by atoms with E-state index in [1.165, 1.54) is 19.2 Å². The number of esters is 1. The lowest BCUT2D eigenvalue weighted by Crippen LogP contribution is -2.48. The van der Waals surface area contributed by atoms with Crippen molar-refractivity contribution in [3.8, 4) is 11.8 Å². The fraction of sp³-hybridized carbons (Fsp3) is 0.190. The highest BCUT2D eigenvalue weighted by Crippen LogP contribution is 2.34. The number of methoxy groups -OCH3 is 1. The largest absolute Gasteiger partial charge is 0.479 e. The zero-order valence-electron chi connectivity index (χ0n) is 15.8. The minimum absolute atomic E-state index is 0.0514. The van der Waals surface area contributed by atoms with E-state index in [1.807, 2.05) is 6.07 Å². The lowest BCUT2D eigenvalue weighted by atomic mass is 9.94. The number of rotatable bonds is 5. The van der Waals surface area contributed by atoms with E-state index in [0.29, 0.717) is 27.8 Å². The minimum atomic E-state index is -0.531. The first-order chi connectivity index (χ1) is 14.0. The number of carbonyl (C=O) groups is 1. The van der Waals surface area contributed by atoms with Crippen molar-refractivity contribution in [2.24, 2.45) is 0 Å². The Balaban J connectivity index is 2.02. The first-order valence-electron chi connectivity index (χ1n) is 8.71. The van der Waals surface area contributed by atoms with Crippen molar-refractivity contribution >= 4 is 29.0 Å². The number of nitriles is 1. The molecule has 3 rings (SSSR count). The first kappa shape index (κ1) is 20.3. The molecule has 148 valence electrons. The SMILES string of the molecule is COC(=O)C1=C(C)N(c2ccc(F)cc2)C(=S)N[C@H]1c1ccc(OCC#N)cc1. The maximum Gasteiger partial charge on any atom is 0.337 e. The molecule has 0 aromatic heterocycles. The number of carbonyl (C=O) groups excluding carboxylic acids is 1. The summed E-state index contributed by atoms with van der Waals surface area (Å²) < 4.78 is 23.6. The molecule has 0 bridgehead atoms. The Morgan fingerprint density at radius 3 is 2.48 bits per heavy atom. The zero-order chi connectivity index (χ0) is 21.0. The number of thiocarbonyl (C=S) groups is 1. The van der Waals surface area contributed by atoms with Crippen LogP contribution in [0.25, 0.3) is 0 Å². The quantitative estimate of drug-likeness (QED) is 0.595. The zero-order valence-corrected chi connectivity index (χ0v) is 16.6. The number of allylic oxidation sites excluding steroid dienone is 1. The highest BCUT2D eigenvalue weighted by atomic mass is 32.1. The van der Waals surface area contributed by atoms with Gasteiger partial charge in [-0.25, -0.2) is 9.18 Å². The van der Waals surface area contributed by atoms with Crippen molar-refractivity contribution < 1.29 is 18.7 Å². The van der Waals surface area contributed by atoms with Crippen LogP contribution in [-0.2, 0) is 9.53 Å². The smallest absolute Gasteiger partial charge is 0.337 e. The van der Waals surface area contributed by atoms with Crippen molar-refractivity contribution in [3.63, 3.8) is 0 Å². The van der Waals surface area contributed by atoms with Gasteiger partial charge in [-0.2, -0.15) is 5.26 Å². The van der Waals surface area contributed by atoms with Gasteiger partial charge in [0.05, 0.1) is 18.7 Å². The van der Waals surface area contributed by atoms with E-state index in [4.69, 9.17) is 27.0 Å². The van der Waals surface area contributed by atoms with Gasteiger partial charge in [-0.05, 0) is 61.1 Å². The molecule has 0 saturated carbocycles. The lowest BCUT2D eigenvalue weighted by Gasteiger charge is -2.37. The predicted octanol–water partition coefficient (Wildman–Crippen LogP) is 3.61. The van der Waals surface area contributed by atoms with Crippen LogP contribution in [0.2, 0.25) is 0 Å². The maximum absolute atomic E-state index is 13.3. The lowest BCUT2D eigenvalue weighted by molar-refractivity contribution is -0.136. The molecule has 1 atom stereocenters. The molecule has 0 saturated heterocycles. The van der Waals surface area contributed by atoms with Gasteiger partial charge in [-0.3, -0.25) is 4.90 Å². The van der Waals surface area contributed by atoms with E-state index >= 15 is 0 Å². The van der Waals surface area contributed by atoms with Crippen LogP contribution in [0.1, 0.15) is 18.5 Å². The number of benzene rings is 2. The molecule has 1 aliphatic rings. The molecule has 1 aliphatic heterocycles. The molecule has 29 heavy (non-hydrogen) atoms. The molecular formula is C21H18FN3O3S. The van der Waals surface area contributed by atoms with Crippen LogP contribution in [0.3, 0.4) is 0 Å². The summed E-state index contributed by atoms with van der Waals surface area (Å²) >= 11 is 5.53. The van der Waals surface area contributed by atoms with Gasteiger partial charge in [0.15, 0.2) is 11.7 Å². The van der Waals surface area contributed by atoms with Gasteiger partial charge in [0.25, 0.3) is 0 Å². The standard InChI is InChI=1S/C21H18FN3O3S/c1-13-18(20(26)27-2)19(14-3-9-17(10-4-14)28-12-11-23)24-21(29)25(13)16-7-5-15(22)6-8-16/h3-10,19H,12H2,1-2H3,(H,24,29)/t19-/m0/s1. The Labute approximate surface area is 173 Å². The van der Waals surface area contributed by atoms with Crippen LogP contribution in [-0.4, -0.2) is 24.8 Å². The maximum atomic E-state index is 13.3. The third-order valence-corrected chi connectivity index (χ3v) is 4.79. The van der Waals surface area contributed by atoms with E-state index in [0.717, 1.165) is 5.56 Å². The number of hydrogen-bond donors (Lipinski definition) is 1. The Kier molecular flexibility index (Phi) is 6.10. The molecule has 8 heteroatoms.